The van der Waals surface area contributed by atoms with Gasteiger partial charge in [0.1, 0.15) is 6.54 Å². The zero-order chi connectivity index (χ0) is 17.3. The van der Waals surface area contributed by atoms with E-state index in [1.54, 1.807) is 32.1 Å². The average Bonchev–Trinajstić information content (AvgIpc) is 2.35. The van der Waals surface area contributed by atoms with E-state index in [9.17, 15) is 9.59 Å². The summed E-state index contributed by atoms with van der Waals surface area (Å²) in [6.45, 7) is 10.1. The van der Waals surface area contributed by atoms with Crippen molar-refractivity contribution in [3.8, 4) is 0 Å². The molecule has 2 N–H and O–H groups in total. The number of guanidine groups is 1. The monoisotopic (exact) mass is 311 g/mol. The van der Waals surface area contributed by atoms with Crippen LogP contribution in [-0.4, -0.2) is 73.9 Å². The highest BCUT2D eigenvalue weighted by Gasteiger charge is 2.17. The minimum atomic E-state index is -0.287. The van der Waals surface area contributed by atoms with Crippen LogP contribution in [0.1, 0.15) is 20.8 Å². The Morgan fingerprint density at radius 3 is 2.27 bits per heavy atom. The van der Waals surface area contributed by atoms with Crippen molar-refractivity contribution in [2.45, 2.75) is 26.3 Å². The smallest absolute Gasteiger partial charge is 0.243 e. The van der Waals surface area contributed by atoms with E-state index in [1.807, 2.05) is 20.8 Å². The van der Waals surface area contributed by atoms with Crippen molar-refractivity contribution in [2.75, 3.05) is 40.8 Å². The lowest BCUT2D eigenvalue weighted by Crippen LogP contribution is -2.49. The van der Waals surface area contributed by atoms with Gasteiger partial charge in [-0.3, -0.25) is 9.59 Å². The number of aliphatic imine (C=N–C) groups is 1. The molecule has 0 aromatic rings. The summed E-state index contributed by atoms with van der Waals surface area (Å²) in [5.41, 5.74) is -0.287. The van der Waals surface area contributed by atoms with Crippen LogP contribution in [0.3, 0.4) is 0 Å². The predicted molar refractivity (Wildman–Crippen MR) is 89.7 cm³/mol. The SMILES string of the molecule is C=CCNC(=NCC(=O)N(C)C)N(C)CC(=O)NC(C)(C)C. The molecule has 0 bridgehead atoms. The lowest BCUT2D eigenvalue weighted by atomic mass is 10.1. The van der Waals surface area contributed by atoms with E-state index in [1.165, 1.54) is 4.90 Å². The zero-order valence-corrected chi connectivity index (χ0v) is 14.6. The molecule has 126 valence electrons. The van der Waals surface area contributed by atoms with Crippen LogP contribution < -0.4 is 10.6 Å². The molecule has 0 aliphatic heterocycles. The van der Waals surface area contributed by atoms with Crippen LogP contribution in [0, 0.1) is 0 Å². The quantitative estimate of drug-likeness (QED) is 0.413. The third-order valence-corrected chi connectivity index (χ3v) is 2.52. The fraction of sp³-hybridized carbons (Fsp3) is 0.667. The van der Waals surface area contributed by atoms with Gasteiger partial charge in [0.05, 0.1) is 6.54 Å². The summed E-state index contributed by atoms with van der Waals surface area (Å²) in [6, 6.07) is 0. The van der Waals surface area contributed by atoms with Crippen molar-refractivity contribution in [1.82, 2.24) is 20.4 Å². The fourth-order valence-corrected chi connectivity index (χ4v) is 1.51. The molecule has 0 aliphatic carbocycles. The Labute approximate surface area is 133 Å². The predicted octanol–water partition coefficient (Wildman–Crippen LogP) is 0.0527. The second-order valence-electron chi connectivity index (χ2n) is 6.25. The largest absolute Gasteiger partial charge is 0.353 e. The van der Waals surface area contributed by atoms with Crippen molar-refractivity contribution >= 4 is 17.8 Å². The second kappa shape index (κ2) is 9.07. The van der Waals surface area contributed by atoms with Gasteiger partial charge < -0.3 is 20.4 Å². The molecule has 22 heavy (non-hydrogen) atoms. The van der Waals surface area contributed by atoms with Crippen LogP contribution in [0.2, 0.25) is 0 Å². The minimum absolute atomic E-state index is 0.0255. The van der Waals surface area contributed by atoms with Crippen LogP contribution in [0.4, 0.5) is 0 Å². The van der Waals surface area contributed by atoms with Crippen molar-refractivity contribution in [2.24, 2.45) is 4.99 Å². The molecule has 0 aromatic heterocycles. The Balaban J connectivity index is 4.79. The molecular formula is C15H29N5O2. The van der Waals surface area contributed by atoms with E-state index in [0.717, 1.165) is 0 Å². The third-order valence-electron chi connectivity index (χ3n) is 2.52. The Kier molecular flexibility index (Phi) is 8.22. The molecular weight excluding hydrogens is 282 g/mol. The van der Waals surface area contributed by atoms with Gasteiger partial charge in [0.15, 0.2) is 5.96 Å². The number of hydrogen-bond donors (Lipinski definition) is 2. The molecule has 0 rings (SSSR count). The first kappa shape index (κ1) is 19.9. The van der Waals surface area contributed by atoms with Gasteiger partial charge in [-0.05, 0) is 20.8 Å². The fourth-order valence-electron chi connectivity index (χ4n) is 1.51. The molecule has 0 spiro atoms. The summed E-state index contributed by atoms with van der Waals surface area (Å²) in [6.07, 6.45) is 1.69. The molecule has 0 heterocycles. The maximum atomic E-state index is 12.0. The molecule has 0 aliphatic rings. The van der Waals surface area contributed by atoms with Gasteiger partial charge in [-0.1, -0.05) is 6.08 Å². The first-order valence-corrected chi connectivity index (χ1v) is 7.18. The highest BCUT2D eigenvalue weighted by Crippen LogP contribution is 1.98. The number of carbonyl (C=O) groups is 2. The first-order valence-electron chi connectivity index (χ1n) is 7.18. The Hall–Kier alpha value is -2.05. The number of nitrogens with one attached hydrogen (secondary N) is 2. The molecule has 0 atom stereocenters. The molecule has 2 amide bonds. The van der Waals surface area contributed by atoms with Crippen LogP contribution in [0.25, 0.3) is 0 Å². The van der Waals surface area contributed by atoms with Crippen LogP contribution in [-0.2, 0) is 9.59 Å². The van der Waals surface area contributed by atoms with Crippen LogP contribution >= 0.6 is 0 Å². The van der Waals surface area contributed by atoms with Gasteiger partial charge >= 0.3 is 0 Å². The number of hydrogen-bond acceptors (Lipinski definition) is 3. The van der Waals surface area contributed by atoms with E-state index >= 15 is 0 Å². The van der Waals surface area contributed by atoms with E-state index < -0.39 is 0 Å². The number of likely N-dealkylation sites (N-methyl/N-ethyl adjacent to an activating group) is 2. The van der Waals surface area contributed by atoms with Gasteiger partial charge in [0.2, 0.25) is 11.8 Å². The summed E-state index contributed by atoms with van der Waals surface area (Å²) in [5, 5.41) is 5.92. The molecule has 0 saturated heterocycles. The molecule has 0 aromatic carbocycles. The highest BCUT2D eigenvalue weighted by molar-refractivity contribution is 5.88. The van der Waals surface area contributed by atoms with Crippen LogP contribution in [0.5, 0.6) is 0 Å². The number of rotatable bonds is 6. The number of nitrogens with zero attached hydrogens (tertiary/aromatic N) is 3. The molecule has 0 fully saturated rings. The lowest BCUT2D eigenvalue weighted by molar-refractivity contribution is -0.127. The van der Waals surface area contributed by atoms with Gasteiger partial charge in [-0.2, -0.15) is 0 Å². The van der Waals surface area contributed by atoms with Crippen molar-refractivity contribution < 1.29 is 9.59 Å². The van der Waals surface area contributed by atoms with Crippen LogP contribution in [0.15, 0.2) is 17.6 Å². The van der Waals surface area contributed by atoms with Gasteiger partial charge in [0, 0.05) is 33.2 Å². The van der Waals surface area contributed by atoms with Gasteiger partial charge in [-0.25, -0.2) is 4.99 Å². The van der Waals surface area contributed by atoms with Gasteiger partial charge in [-0.15, -0.1) is 6.58 Å². The topological polar surface area (TPSA) is 77.0 Å². The summed E-state index contributed by atoms with van der Waals surface area (Å²) >= 11 is 0. The van der Waals surface area contributed by atoms with E-state index in [2.05, 4.69) is 22.2 Å². The summed E-state index contributed by atoms with van der Waals surface area (Å²) in [4.78, 5) is 31.0. The lowest BCUT2D eigenvalue weighted by Gasteiger charge is -2.25. The third kappa shape index (κ3) is 8.99. The maximum Gasteiger partial charge on any atom is 0.243 e. The summed E-state index contributed by atoms with van der Waals surface area (Å²) in [7, 11) is 5.10. The van der Waals surface area contributed by atoms with Crippen molar-refractivity contribution in [1.29, 1.82) is 0 Å². The Morgan fingerprint density at radius 2 is 1.82 bits per heavy atom. The van der Waals surface area contributed by atoms with E-state index in [4.69, 9.17) is 0 Å². The second-order valence-corrected chi connectivity index (χ2v) is 6.25. The number of carbonyl (C=O) groups excluding carboxylic acids is 2. The first-order chi connectivity index (χ1) is 10.1. The minimum Gasteiger partial charge on any atom is -0.353 e. The van der Waals surface area contributed by atoms with E-state index in [-0.39, 0.29) is 30.4 Å². The van der Waals surface area contributed by atoms with E-state index in [0.29, 0.717) is 12.5 Å². The molecule has 0 radical (unpaired) electrons. The Morgan fingerprint density at radius 1 is 1.23 bits per heavy atom. The van der Waals surface area contributed by atoms with Gasteiger partial charge in [0.25, 0.3) is 0 Å². The molecule has 0 unspecified atom stereocenters. The summed E-state index contributed by atoms with van der Waals surface area (Å²) < 4.78 is 0. The maximum absolute atomic E-state index is 12.0. The number of amides is 2. The summed E-state index contributed by atoms with van der Waals surface area (Å²) in [5.74, 6) is 0.270. The molecule has 7 heteroatoms. The standard InChI is InChI=1S/C15H29N5O2/c1-8-9-16-14(17-10-13(22)19(5)6)20(7)11-12(21)18-15(2,3)4/h8H,1,9-11H2,2-7H3,(H,16,17)(H,18,21). The zero-order valence-electron chi connectivity index (χ0n) is 14.6. The molecule has 0 saturated carbocycles. The van der Waals surface area contributed by atoms with Crippen molar-refractivity contribution in [3.05, 3.63) is 12.7 Å². The highest BCUT2D eigenvalue weighted by atomic mass is 16.2. The normalized spacial score (nSPS) is 11.6. The molecule has 7 nitrogen and oxygen atoms in total. The van der Waals surface area contributed by atoms with Crippen molar-refractivity contribution in [3.63, 3.8) is 0 Å². The Bertz CT molecular complexity index is 424. The average molecular weight is 311 g/mol.